The Morgan fingerprint density at radius 3 is 2.52 bits per heavy atom. The second-order valence-corrected chi connectivity index (χ2v) is 7.17. The van der Waals surface area contributed by atoms with Crippen LogP contribution in [0, 0.1) is 0 Å². The van der Waals surface area contributed by atoms with Gasteiger partial charge in [0.15, 0.2) is 0 Å². The number of anilines is 1. The first-order chi connectivity index (χ1) is 11.3. The molecule has 0 aliphatic heterocycles. The summed E-state index contributed by atoms with van der Waals surface area (Å²) in [6.45, 7) is 2.14. The van der Waals surface area contributed by atoms with Gasteiger partial charge in [-0.05, 0) is 43.3 Å². The second-order valence-electron chi connectivity index (χ2n) is 6.19. The molecule has 0 spiro atoms. The Morgan fingerprint density at radius 1 is 1.13 bits per heavy atom. The van der Waals surface area contributed by atoms with Gasteiger partial charge in [0.05, 0.1) is 6.04 Å². The van der Waals surface area contributed by atoms with E-state index >= 15 is 0 Å². The highest BCUT2D eigenvalue weighted by atomic mass is 32.1. The Morgan fingerprint density at radius 2 is 1.87 bits per heavy atom. The Labute approximate surface area is 142 Å². The molecule has 23 heavy (non-hydrogen) atoms. The molecule has 2 aromatic rings. The molecule has 1 aliphatic rings. The lowest BCUT2D eigenvalue weighted by Gasteiger charge is -2.38. The average molecular weight is 328 g/mol. The number of para-hydroxylation sites is 1. The zero-order valence-corrected chi connectivity index (χ0v) is 14.4. The SMILES string of the molecule is C[C@H](c1cccs1)N(C(=O)Nc1ccccc1)C1CCCCC1. The Hall–Kier alpha value is -1.81. The zero-order valence-electron chi connectivity index (χ0n) is 13.6. The van der Waals surface area contributed by atoms with E-state index in [4.69, 9.17) is 0 Å². The molecule has 1 fully saturated rings. The molecule has 1 heterocycles. The minimum Gasteiger partial charge on any atom is -0.314 e. The molecule has 122 valence electrons. The van der Waals surface area contributed by atoms with Crippen LogP contribution < -0.4 is 5.32 Å². The van der Waals surface area contributed by atoms with Crippen molar-refractivity contribution < 1.29 is 4.79 Å². The highest BCUT2D eigenvalue weighted by Gasteiger charge is 2.30. The van der Waals surface area contributed by atoms with E-state index in [0.29, 0.717) is 6.04 Å². The Balaban J connectivity index is 1.80. The van der Waals surface area contributed by atoms with Crippen molar-refractivity contribution in [1.29, 1.82) is 0 Å². The van der Waals surface area contributed by atoms with Crippen LogP contribution in [0.3, 0.4) is 0 Å². The number of nitrogens with one attached hydrogen (secondary N) is 1. The van der Waals surface area contributed by atoms with Gasteiger partial charge in [0, 0.05) is 16.6 Å². The van der Waals surface area contributed by atoms with Crippen LogP contribution in [0.5, 0.6) is 0 Å². The van der Waals surface area contributed by atoms with Gasteiger partial charge >= 0.3 is 6.03 Å². The number of rotatable bonds is 4. The van der Waals surface area contributed by atoms with Gasteiger partial charge in [-0.2, -0.15) is 0 Å². The van der Waals surface area contributed by atoms with Crippen molar-refractivity contribution in [2.75, 3.05) is 5.32 Å². The molecule has 3 rings (SSSR count). The number of urea groups is 1. The fraction of sp³-hybridized carbons (Fsp3) is 0.421. The summed E-state index contributed by atoms with van der Waals surface area (Å²) in [6, 6.07) is 14.4. The molecular formula is C19H24N2OS. The Kier molecular flexibility index (Phi) is 5.34. The molecule has 1 aliphatic carbocycles. The largest absolute Gasteiger partial charge is 0.322 e. The first kappa shape index (κ1) is 16.1. The fourth-order valence-electron chi connectivity index (χ4n) is 3.39. The zero-order chi connectivity index (χ0) is 16.1. The lowest BCUT2D eigenvalue weighted by atomic mass is 9.93. The molecule has 0 saturated heterocycles. The minimum absolute atomic E-state index is 0.0176. The van der Waals surface area contributed by atoms with E-state index in [1.807, 2.05) is 30.3 Å². The number of carbonyl (C=O) groups is 1. The van der Waals surface area contributed by atoms with Gasteiger partial charge in [-0.15, -0.1) is 11.3 Å². The molecule has 1 aromatic carbocycles. The molecule has 1 N–H and O–H groups in total. The summed E-state index contributed by atoms with van der Waals surface area (Å²) in [5, 5.41) is 5.16. The van der Waals surface area contributed by atoms with Gasteiger partial charge in [-0.3, -0.25) is 0 Å². The number of carbonyl (C=O) groups excluding carboxylic acids is 1. The minimum atomic E-state index is 0.0176. The van der Waals surface area contributed by atoms with Crippen LogP contribution in [-0.2, 0) is 0 Å². The van der Waals surface area contributed by atoms with E-state index in [-0.39, 0.29) is 12.1 Å². The van der Waals surface area contributed by atoms with Crippen LogP contribution >= 0.6 is 11.3 Å². The number of benzene rings is 1. The molecule has 0 radical (unpaired) electrons. The van der Waals surface area contributed by atoms with Gasteiger partial charge in [0.2, 0.25) is 0 Å². The first-order valence-corrected chi connectivity index (χ1v) is 9.31. The molecular weight excluding hydrogens is 304 g/mol. The van der Waals surface area contributed by atoms with Crippen LogP contribution in [0.25, 0.3) is 0 Å². The third kappa shape index (κ3) is 3.94. The maximum Gasteiger partial charge on any atom is 0.322 e. The summed E-state index contributed by atoms with van der Waals surface area (Å²) in [4.78, 5) is 16.3. The molecule has 3 nitrogen and oxygen atoms in total. The van der Waals surface area contributed by atoms with Crippen LogP contribution in [0.2, 0.25) is 0 Å². The summed E-state index contributed by atoms with van der Waals surface area (Å²) in [6.07, 6.45) is 5.95. The quantitative estimate of drug-likeness (QED) is 0.770. The molecule has 1 atom stereocenters. The smallest absolute Gasteiger partial charge is 0.314 e. The van der Waals surface area contributed by atoms with E-state index in [1.165, 1.54) is 24.1 Å². The van der Waals surface area contributed by atoms with Crippen molar-refractivity contribution in [2.45, 2.75) is 51.1 Å². The predicted molar refractivity (Wildman–Crippen MR) is 96.9 cm³/mol. The molecule has 4 heteroatoms. The third-order valence-corrected chi connectivity index (χ3v) is 5.64. The fourth-order valence-corrected chi connectivity index (χ4v) is 4.17. The Bertz CT molecular complexity index is 606. The van der Waals surface area contributed by atoms with Crippen molar-refractivity contribution in [3.05, 3.63) is 52.7 Å². The molecule has 0 unspecified atom stereocenters. The summed E-state index contributed by atoms with van der Waals surface area (Å²) >= 11 is 1.73. The van der Waals surface area contributed by atoms with Gasteiger partial charge in [0.1, 0.15) is 0 Å². The number of amides is 2. The standard InChI is InChI=1S/C19H24N2OS/c1-15(18-13-8-14-23-18)21(17-11-6-3-7-12-17)19(22)20-16-9-4-2-5-10-16/h2,4-5,8-10,13-15,17H,3,6-7,11-12H2,1H3,(H,20,22)/t15-/m1/s1. The number of hydrogen-bond donors (Lipinski definition) is 1. The highest BCUT2D eigenvalue weighted by molar-refractivity contribution is 7.10. The van der Waals surface area contributed by atoms with Crippen LogP contribution in [-0.4, -0.2) is 17.0 Å². The van der Waals surface area contributed by atoms with E-state index < -0.39 is 0 Å². The summed E-state index contributed by atoms with van der Waals surface area (Å²) < 4.78 is 0. The molecule has 1 saturated carbocycles. The third-order valence-electron chi connectivity index (χ3n) is 4.60. The van der Waals surface area contributed by atoms with Gasteiger partial charge in [0.25, 0.3) is 0 Å². The van der Waals surface area contributed by atoms with E-state index in [1.54, 1.807) is 11.3 Å². The molecule has 2 amide bonds. The lowest BCUT2D eigenvalue weighted by Crippen LogP contribution is -2.45. The van der Waals surface area contributed by atoms with Crippen LogP contribution in [0.15, 0.2) is 47.8 Å². The van der Waals surface area contributed by atoms with Crippen molar-refractivity contribution >= 4 is 23.1 Å². The molecule has 0 bridgehead atoms. The van der Waals surface area contributed by atoms with E-state index in [0.717, 1.165) is 18.5 Å². The van der Waals surface area contributed by atoms with Crippen LogP contribution in [0.4, 0.5) is 10.5 Å². The summed E-state index contributed by atoms with van der Waals surface area (Å²) in [5.41, 5.74) is 0.858. The second kappa shape index (κ2) is 7.64. The highest BCUT2D eigenvalue weighted by Crippen LogP contribution is 2.32. The van der Waals surface area contributed by atoms with Crippen molar-refractivity contribution in [3.63, 3.8) is 0 Å². The molecule has 1 aromatic heterocycles. The van der Waals surface area contributed by atoms with Crippen molar-refractivity contribution in [1.82, 2.24) is 4.90 Å². The van der Waals surface area contributed by atoms with E-state index in [9.17, 15) is 4.79 Å². The topological polar surface area (TPSA) is 32.3 Å². The number of hydrogen-bond acceptors (Lipinski definition) is 2. The predicted octanol–water partition coefficient (Wildman–Crippen LogP) is 5.68. The first-order valence-electron chi connectivity index (χ1n) is 8.43. The van der Waals surface area contributed by atoms with Crippen molar-refractivity contribution in [2.24, 2.45) is 0 Å². The van der Waals surface area contributed by atoms with Gasteiger partial charge < -0.3 is 10.2 Å². The lowest BCUT2D eigenvalue weighted by molar-refractivity contribution is 0.140. The normalized spacial score (nSPS) is 16.7. The number of nitrogens with zero attached hydrogens (tertiary/aromatic N) is 1. The maximum atomic E-state index is 13.0. The van der Waals surface area contributed by atoms with E-state index in [2.05, 4.69) is 34.7 Å². The maximum absolute atomic E-state index is 13.0. The monoisotopic (exact) mass is 328 g/mol. The average Bonchev–Trinajstić information content (AvgIpc) is 3.11. The van der Waals surface area contributed by atoms with Crippen molar-refractivity contribution in [3.8, 4) is 0 Å². The summed E-state index contributed by atoms with van der Waals surface area (Å²) in [5.74, 6) is 0. The van der Waals surface area contributed by atoms with Crippen LogP contribution in [0.1, 0.15) is 49.9 Å². The van der Waals surface area contributed by atoms with Gasteiger partial charge in [-0.1, -0.05) is 43.5 Å². The summed E-state index contributed by atoms with van der Waals surface area (Å²) in [7, 11) is 0. The van der Waals surface area contributed by atoms with Gasteiger partial charge in [-0.25, -0.2) is 4.79 Å². The number of thiophene rings is 1.